The van der Waals surface area contributed by atoms with Gasteiger partial charge in [0.05, 0.1) is 12.5 Å². The van der Waals surface area contributed by atoms with Crippen LogP contribution < -0.4 is 0 Å². The summed E-state index contributed by atoms with van der Waals surface area (Å²) in [6.45, 7) is 11.7. The SMILES string of the molecule is CC.CC1(C)CCN(C(=O)[C@@H]2CCOC2)C1. The maximum Gasteiger partial charge on any atom is 0.228 e. The second-order valence-corrected chi connectivity index (χ2v) is 5.23. The Kier molecular flexibility index (Phi) is 4.78. The van der Waals surface area contributed by atoms with Crippen molar-refractivity contribution in [1.29, 1.82) is 0 Å². The number of amides is 1. The van der Waals surface area contributed by atoms with Crippen molar-refractivity contribution < 1.29 is 9.53 Å². The summed E-state index contributed by atoms with van der Waals surface area (Å²) in [6.07, 6.45) is 2.04. The standard InChI is InChI=1S/C11H19NO2.C2H6/c1-11(2)4-5-12(8-11)10(13)9-3-6-14-7-9;1-2/h9H,3-8H2,1-2H3;1-2H3/t9-;/m1./s1. The van der Waals surface area contributed by atoms with Crippen molar-refractivity contribution >= 4 is 5.91 Å². The summed E-state index contributed by atoms with van der Waals surface area (Å²) in [5.74, 6) is 0.456. The number of carbonyl (C=O) groups is 1. The maximum atomic E-state index is 12.0. The molecule has 0 aliphatic carbocycles. The highest BCUT2D eigenvalue weighted by atomic mass is 16.5. The van der Waals surface area contributed by atoms with Gasteiger partial charge in [-0.05, 0) is 18.3 Å². The highest BCUT2D eigenvalue weighted by Gasteiger charge is 2.35. The van der Waals surface area contributed by atoms with E-state index in [2.05, 4.69) is 13.8 Å². The third-order valence-corrected chi connectivity index (χ3v) is 3.27. The minimum absolute atomic E-state index is 0.142. The number of rotatable bonds is 1. The molecule has 1 amide bonds. The van der Waals surface area contributed by atoms with Crippen LogP contribution >= 0.6 is 0 Å². The molecule has 0 aromatic rings. The van der Waals surface area contributed by atoms with Crippen LogP contribution in [-0.2, 0) is 9.53 Å². The van der Waals surface area contributed by atoms with E-state index >= 15 is 0 Å². The van der Waals surface area contributed by atoms with Crippen molar-refractivity contribution in [3.63, 3.8) is 0 Å². The fraction of sp³-hybridized carbons (Fsp3) is 0.923. The Morgan fingerprint density at radius 3 is 2.50 bits per heavy atom. The zero-order valence-corrected chi connectivity index (χ0v) is 11.1. The summed E-state index contributed by atoms with van der Waals surface area (Å²) >= 11 is 0. The lowest BCUT2D eigenvalue weighted by Gasteiger charge is -2.22. The second-order valence-electron chi connectivity index (χ2n) is 5.23. The van der Waals surface area contributed by atoms with Gasteiger partial charge in [-0.2, -0.15) is 0 Å². The molecular formula is C13H25NO2. The van der Waals surface area contributed by atoms with Crippen LogP contribution in [0.15, 0.2) is 0 Å². The molecule has 2 saturated heterocycles. The molecule has 0 aromatic heterocycles. The molecule has 0 radical (unpaired) electrons. The van der Waals surface area contributed by atoms with Gasteiger partial charge in [-0.1, -0.05) is 27.7 Å². The second kappa shape index (κ2) is 5.67. The van der Waals surface area contributed by atoms with Gasteiger partial charge in [-0.25, -0.2) is 0 Å². The molecule has 1 atom stereocenters. The summed E-state index contributed by atoms with van der Waals surface area (Å²) in [7, 11) is 0. The third kappa shape index (κ3) is 3.21. The topological polar surface area (TPSA) is 29.5 Å². The Balaban J connectivity index is 0.000000606. The predicted octanol–water partition coefficient (Wildman–Crippen LogP) is 2.31. The van der Waals surface area contributed by atoms with E-state index in [0.29, 0.717) is 17.9 Å². The zero-order chi connectivity index (χ0) is 12.2. The van der Waals surface area contributed by atoms with E-state index in [1.807, 2.05) is 18.7 Å². The molecule has 2 heterocycles. The van der Waals surface area contributed by atoms with Crippen LogP contribution in [-0.4, -0.2) is 37.1 Å². The number of nitrogens with zero attached hydrogens (tertiary/aromatic N) is 1. The van der Waals surface area contributed by atoms with Crippen molar-refractivity contribution in [3.05, 3.63) is 0 Å². The van der Waals surface area contributed by atoms with Crippen LogP contribution in [0.25, 0.3) is 0 Å². The molecule has 2 fully saturated rings. The van der Waals surface area contributed by atoms with E-state index < -0.39 is 0 Å². The average molecular weight is 227 g/mol. The van der Waals surface area contributed by atoms with Crippen LogP contribution in [0.4, 0.5) is 0 Å². The summed E-state index contributed by atoms with van der Waals surface area (Å²) in [5.41, 5.74) is 0.315. The molecule has 2 aliphatic heterocycles. The minimum atomic E-state index is 0.142. The number of ether oxygens (including phenoxy) is 1. The van der Waals surface area contributed by atoms with Crippen molar-refractivity contribution in [3.8, 4) is 0 Å². The van der Waals surface area contributed by atoms with Crippen LogP contribution in [0, 0.1) is 11.3 Å². The van der Waals surface area contributed by atoms with Crippen molar-refractivity contribution in [2.45, 2.75) is 40.5 Å². The Labute approximate surface area is 99.1 Å². The summed E-state index contributed by atoms with van der Waals surface area (Å²) in [5, 5.41) is 0. The van der Waals surface area contributed by atoms with Gasteiger partial charge in [-0.15, -0.1) is 0 Å². The number of hydrogen-bond acceptors (Lipinski definition) is 2. The lowest BCUT2D eigenvalue weighted by Crippen LogP contribution is -2.35. The molecule has 0 aromatic carbocycles. The first kappa shape index (κ1) is 13.5. The van der Waals surface area contributed by atoms with Crippen LogP contribution in [0.3, 0.4) is 0 Å². The molecule has 94 valence electrons. The summed E-state index contributed by atoms with van der Waals surface area (Å²) in [4.78, 5) is 14.0. The minimum Gasteiger partial charge on any atom is -0.381 e. The van der Waals surface area contributed by atoms with Gasteiger partial charge in [0.15, 0.2) is 0 Å². The number of likely N-dealkylation sites (tertiary alicyclic amines) is 1. The summed E-state index contributed by atoms with van der Waals surface area (Å²) in [6, 6.07) is 0. The Hall–Kier alpha value is -0.570. The van der Waals surface area contributed by atoms with Crippen LogP contribution in [0.2, 0.25) is 0 Å². The number of carbonyl (C=O) groups excluding carboxylic acids is 1. The first-order chi connectivity index (χ1) is 7.58. The lowest BCUT2D eigenvalue weighted by atomic mass is 9.93. The largest absolute Gasteiger partial charge is 0.381 e. The first-order valence-corrected chi connectivity index (χ1v) is 6.45. The fourth-order valence-electron chi connectivity index (χ4n) is 2.29. The van der Waals surface area contributed by atoms with E-state index in [1.165, 1.54) is 0 Å². The van der Waals surface area contributed by atoms with E-state index in [0.717, 1.165) is 32.5 Å². The molecule has 2 rings (SSSR count). The molecule has 0 unspecified atom stereocenters. The Morgan fingerprint density at radius 1 is 1.38 bits per heavy atom. The number of hydrogen-bond donors (Lipinski definition) is 0. The fourth-order valence-corrected chi connectivity index (χ4v) is 2.29. The predicted molar refractivity (Wildman–Crippen MR) is 65.3 cm³/mol. The van der Waals surface area contributed by atoms with Crippen molar-refractivity contribution in [2.75, 3.05) is 26.3 Å². The Bertz CT molecular complexity index is 232. The lowest BCUT2D eigenvalue weighted by molar-refractivity contribution is -0.134. The smallest absolute Gasteiger partial charge is 0.228 e. The van der Waals surface area contributed by atoms with Gasteiger partial charge < -0.3 is 9.64 Å². The molecule has 0 spiro atoms. The average Bonchev–Trinajstić information content (AvgIpc) is 2.89. The molecule has 3 nitrogen and oxygen atoms in total. The highest BCUT2D eigenvalue weighted by molar-refractivity contribution is 5.79. The first-order valence-electron chi connectivity index (χ1n) is 6.45. The van der Waals surface area contributed by atoms with Crippen molar-refractivity contribution in [1.82, 2.24) is 4.90 Å². The van der Waals surface area contributed by atoms with Crippen LogP contribution in [0.5, 0.6) is 0 Å². The van der Waals surface area contributed by atoms with E-state index in [9.17, 15) is 4.79 Å². The molecule has 2 aliphatic rings. The van der Waals surface area contributed by atoms with E-state index in [-0.39, 0.29) is 5.92 Å². The highest BCUT2D eigenvalue weighted by Crippen LogP contribution is 2.30. The summed E-state index contributed by atoms with van der Waals surface area (Å²) < 4.78 is 5.24. The van der Waals surface area contributed by atoms with Gasteiger partial charge in [0.1, 0.15) is 0 Å². The van der Waals surface area contributed by atoms with Crippen LogP contribution in [0.1, 0.15) is 40.5 Å². The van der Waals surface area contributed by atoms with Gasteiger partial charge >= 0.3 is 0 Å². The van der Waals surface area contributed by atoms with E-state index in [4.69, 9.17) is 4.74 Å². The molecule has 0 saturated carbocycles. The quantitative estimate of drug-likeness (QED) is 0.688. The molecule has 3 heteroatoms. The maximum absolute atomic E-state index is 12.0. The molecule has 0 bridgehead atoms. The normalized spacial score (nSPS) is 27.5. The van der Waals surface area contributed by atoms with Gasteiger partial charge in [0.25, 0.3) is 0 Å². The Morgan fingerprint density at radius 2 is 2.06 bits per heavy atom. The van der Waals surface area contributed by atoms with Crippen molar-refractivity contribution in [2.24, 2.45) is 11.3 Å². The van der Waals surface area contributed by atoms with Gasteiger partial charge in [-0.3, -0.25) is 4.79 Å². The van der Waals surface area contributed by atoms with Gasteiger partial charge in [0.2, 0.25) is 5.91 Å². The van der Waals surface area contributed by atoms with E-state index in [1.54, 1.807) is 0 Å². The zero-order valence-electron chi connectivity index (χ0n) is 11.1. The monoisotopic (exact) mass is 227 g/mol. The third-order valence-electron chi connectivity index (χ3n) is 3.27. The molecular weight excluding hydrogens is 202 g/mol. The molecule has 16 heavy (non-hydrogen) atoms. The van der Waals surface area contributed by atoms with Gasteiger partial charge in [0, 0.05) is 19.7 Å². The molecule has 0 N–H and O–H groups in total.